The van der Waals surface area contributed by atoms with Crippen LogP contribution in [0.3, 0.4) is 0 Å². The molecule has 0 spiro atoms. The zero-order valence-corrected chi connectivity index (χ0v) is 16.2. The van der Waals surface area contributed by atoms with E-state index in [2.05, 4.69) is 26.3 Å². The van der Waals surface area contributed by atoms with Gasteiger partial charge in [0.15, 0.2) is 11.5 Å². The Balaban J connectivity index is 1.30. The number of fused-ring (bicyclic) bond motifs is 1. The molecule has 3 heterocycles. The third-order valence-electron chi connectivity index (χ3n) is 5.32. The number of carbonyl (C=O) groups is 1. The van der Waals surface area contributed by atoms with Crippen LogP contribution in [0.5, 0.6) is 0 Å². The molecule has 1 amide bonds. The summed E-state index contributed by atoms with van der Waals surface area (Å²) in [5.74, 6) is 0.856. The van der Waals surface area contributed by atoms with Crippen molar-refractivity contribution in [1.82, 2.24) is 20.2 Å². The molecule has 2 aromatic heterocycles. The van der Waals surface area contributed by atoms with Crippen LogP contribution in [0, 0.1) is 5.92 Å². The number of pyridine rings is 1. The van der Waals surface area contributed by atoms with Crippen molar-refractivity contribution in [3.8, 4) is 0 Å². The number of hydrogen-bond donors (Lipinski definition) is 1. The fourth-order valence-corrected chi connectivity index (χ4v) is 3.75. The topological polar surface area (TPSA) is 71.3 Å². The van der Waals surface area contributed by atoms with Gasteiger partial charge in [-0.3, -0.25) is 14.7 Å². The van der Waals surface area contributed by atoms with Crippen LogP contribution in [-0.2, 0) is 11.3 Å². The summed E-state index contributed by atoms with van der Waals surface area (Å²) in [5.41, 5.74) is 2.83. The predicted molar refractivity (Wildman–Crippen MR) is 108 cm³/mol. The van der Waals surface area contributed by atoms with Gasteiger partial charge in [-0.05, 0) is 43.1 Å². The number of likely N-dealkylation sites (tertiary alicyclic amines) is 1. The monoisotopic (exact) mass is 378 g/mol. The third-order valence-corrected chi connectivity index (χ3v) is 5.32. The lowest BCUT2D eigenvalue weighted by Gasteiger charge is -2.32. The second kappa shape index (κ2) is 8.52. The molecule has 2 unspecified atom stereocenters. The standard InChI is InChI=1S/C22H26N4O2/c1-16(22-25-19-8-2-3-9-20(19)28-22)12-24-21(27)18-7-5-11-26(15-18)14-17-6-4-10-23-13-17/h2-4,6,8-10,13,16,18H,5,7,11-12,14-15H2,1H3,(H,24,27). The van der Waals surface area contributed by atoms with Gasteiger partial charge in [-0.1, -0.05) is 25.1 Å². The minimum absolute atomic E-state index is 0.0289. The number of nitrogens with one attached hydrogen (secondary N) is 1. The van der Waals surface area contributed by atoms with Gasteiger partial charge in [0.05, 0.1) is 11.8 Å². The number of hydrogen-bond acceptors (Lipinski definition) is 5. The number of rotatable bonds is 6. The third kappa shape index (κ3) is 4.39. The van der Waals surface area contributed by atoms with Crippen molar-refractivity contribution in [3.63, 3.8) is 0 Å². The van der Waals surface area contributed by atoms with Gasteiger partial charge in [0, 0.05) is 32.0 Å². The van der Waals surface area contributed by atoms with Crippen molar-refractivity contribution in [2.24, 2.45) is 5.92 Å². The molecule has 1 fully saturated rings. The molecular formula is C22H26N4O2. The smallest absolute Gasteiger partial charge is 0.224 e. The Morgan fingerprint density at radius 1 is 1.32 bits per heavy atom. The van der Waals surface area contributed by atoms with E-state index in [0.717, 1.165) is 43.6 Å². The summed E-state index contributed by atoms with van der Waals surface area (Å²) >= 11 is 0. The lowest BCUT2D eigenvalue weighted by atomic mass is 9.96. The highest BCUT2D eigenvalue weighted by Gasteiger charge is 2.26. The largest absolute Gasteiger partial charge is 0.440 e. The number of nitrogens with zero attached hydrogens (tertiary/aromatic N) is 3. The maximum Gasteiger partial charge on any atom is 0.224 e. The van der Waals surface area contributed by atoms with E-state index >= 15 is 0 Å². The Labute approximate surface area is 165 Å². The minimum atomic E-state index is 0.0289. The maximum absolute atomic E-state index is 12.7. The summed E-state index contributed by atoms with van der Waals surface area (Å²) in [5, 5.41) is 3.10. The molecule has 2 atom stereocenters. The molecule has 3 aromatic rings. The molecule has 28 heavy (non-hydrogen) atoms. The summed E-state index contributed by atoms with van der Waals surface area (Å²) < 4.78 is 5.81. The van der Waals surface area contributed by atoms with Crippen molar-refractivity contribution >= 4 is 17.0 Å². The van der Waals surface area contributed by atoms with E-state index in [1.54, 1.807) is 6.20 Å². The van der Waals surface area contributed by atoms with E-state index in [-0.39, 0.29) is 17.7 Å². The van der Waals surface area contributed by atoms with Crippen molar-refractivity contribution in [1.29, 1.82) is 0 Å². The quantitative estimate of drug-likeness (QED) is 0.712. The van der Waals surface area contributed by atoms with Gasteiger partial charge in [0.25, 0.3) is 0 Å². The molecule has 1 saturated heterocycles. The first-order chi connectivity index (χ1) is 13.7. The van der Waals surface area contributed by atoms with Gasteiger partial charge in [-0.2, -0.15) is 0 Å². The summed E-state index contributed by atoms with van der Waals surface area (Å²) in [4.78, 5) is 23.8. The molecule has 0 saturated carbocycles. The van der Waals surface area contributed by atoms with Gasteiger partial charge < -0.3 is 9.73 Å². The molecule has 6 nitrogen and oxygen atoms in total. The van der Waals surface area contributed by atoms with Gasteiger partial charge >= 0.3 is 0 Å². The fourth-order valence-electron chi connectivity index (χ4n) is 3.75. The first kappa shape index (κ1) is 18.6. The highest BCUT2D eigenvalue weighted by molar-refractivity contribution is 5.79. The average molecular weight is 378 g/mol. The fraction of sp³-hybridized carbons (Fsp3) is 0.409. The molecular weight excluding hydrogens is 352 g/mol. The van der Waals surface area contributed by atoms with Gasteiger partial charge in [-0.15, -0.1) is 0 Å². The van der Waals surface area contributed by atoms with Gasteiger partial charge in [0.2, 0.25) is 5.91 Å². The number of amides is 1. The predicted octanol–water partition coefficient (Wildman–Crippen LogP) is 3.35. The summed E-state index contributed by atoms with van der Waals surface area (Å²) in [6, 6.07) is 11.8. The molecule has 146 valence electrons. The van der Waals surface area contributed by atoms with Crippen molar-refractivity contribution in [3.05, 3.63) is 60.2 Å². The number of aromatic nitrogens is 2. The minimum Gasteiger partial charge on any atom is -0.440 e. The first-order valence-corrected chi connectivity index (χ1v) is 9.93. The summed E-state index contributed by atoms with van der Waals surface area (Å²) in [6.07, 6.45) is 5.66. The number of oxazole rings is 1. The van der Waals surface area contributed by atoms with E-state index in [1.165, 1.54) is 5.56 Å². The van der Waals surface area contributed by atoms with Crippen LogP contribution in [0.1, 0.15) is 37.1 Å². The highest BCUT2D eigenvalue weighted by Crippen LogP contribution is 2.22. The SMILES string of the molecule is CC(CNC(=O)C1CCCN(Cc2cccnc2)C1)c1nc2ccccc2o1. The molecule has 1 N–H and O–H groups in total. The molecule has 0 aliphatic carbocycles. The number of piperidine rings is 1. The molecule has 0 bridgehead atoms. The number of carbonyl (C=O) groups excluding carboxylic acids is 1. The molecule has 6 heteroatoms. The highest BCUT2D eigenvalue weighted by atomic mass is 16.3. The van der Waals surface area contributed by atoms with Crippen molar-refractivity contribution in [2.45, 2.75) is 32.2 Å². The molecule has 1 aliphatic heterocycles. The zero-order valence-electron chi connectivity index (χ0n) is 16.2. The van der Waals surface area contributed by atoms with E-state index in [0.29, 0.717) is 12.4 Å². The molecule has 1 aromatic carbocycles. The van der Waals surface area contributed by atoms with Crippen LogP contribution in [0.2, 0.25) is 0 Å². The summed E-state index contributed by atoms with van der Waals surface area (Å²) in [7, 11) is 0. The zero-order chi connectivity index (χ0) is 19.3. The Morgan fingerprint density at radius 2 is 2.21 bits per heavy atom. The van der Waals surface area contributed by atoms with Crippen LogP contribution in [-0.4, -0.2) is 40.4 Å². The first-order valence-electron chi connectivity index (χ1n) is 9.93. The Hall–Kier alpha value is -2.73. The number of para-hydroxylation sites is 2. The molecule has 4 rings (SSSR count). The van der Waals surface area contributed by atoms with E-state index in [9.17, 15) is 4.79 Å². The van der Waals surface area contributed by atoms with E-state index in [4.69, 9.17) is 4.42 Å². The average Bonchev–Trinajstić information content (AvgIpc) is 3.17. The molecule has 0 radical (unpaired) electrons. The second-order valence-electron chi connectivity index (χ2n) is 7.60. The number of benzene rings is 1. The van der Waals surface area contributed by atoms with Crippen LogP contribution < -0.4 is 5.32 Å². The second-order valence-corrected chi connectivity index (χ2v) is 7.60. The molecule has 1 aliphatic rings. The van der Waals surface area contributed by atoms with Gasteiger partial charge in [-0.25, -0.2) is 4.98 Å². The van der Waals surface area contributed by atoms with Crippen molar-refractivity contribution < 1.29 is 9.21 Å². The Bertz CT molecular complexity index is 891. The lowest BCUT2D eigenvalue weighted by molar-refractivity contribution is -0.126. The normalized spacial score (nSPS) is 18.8. The Kier molecular flexibility index (Phi) is 5.67. The van der Waals surface area contributed by atoms with E-state index in [1.807, 2.05) is 43.5 Å². The van der Waals surface area contributed by atoms with Crippen LogP contribution >= 0.6 is 0 Å². The lowest BCUT2D eigenvalue weighted by Crippen LogP contribution is -2.43. The van der Waals surface area contributed by atoms with Gasteiger partial charge in [0.1, 0.15) is 5.52 Å². The van der Waals surface area contributed by atoms with Crippen LogP contribution in [0.15, 0.2) is 53.2 Å². The van der Waals surface area contributed by atoms with Crippen LogP contribution in [0.25, 0.3) is 11.1 Å². The van der Waals surface area contributed by atoms with Crippen molar-refractivity contribution in [2.75, 3.05) is 19.6 Å². The summed E-state index contributed by atoms with van der Waals surface area (Å²) in [6.45, 7) is 5.22. The van der Waals surface area contributed by atoms with Crippen LogP contribution in [0.4, 0.5) is 0 Å². The van der Waals surface area contributed by atoms with E-state index < -0.39 is 0 Å². The maximum atomic E-state index is 12.7. The Morgan fingerprint density at radius 3 is 3.04 bits per heavy atom.